The summed E-state index contributed by atoms with van der Waals surface area (Å²) in [6.07, 6.45) is 0.502. The lowest BCUT2D eigenvalue weighted by atomic mass is 10.0. The highest BCUT2D eigenvalue weighted by molar-refractivity contribution is 5.94. The van der Waals surface area contributed by atoms with Crippen molar-refractivity contribution in [3.05, 3.63) is 29.8 Å². The number of aliphatic carboxylic acids is 1. The summed E-state index contributed by atoms with van der Waals surface area (Å²) < 4.78 is 0. The van der Waals surface area contributed by atoms with Gasteiger partial charge in [0.2, 0.25) is 0 Å². The summed E-state index contributed by atoms with van der Waals surface area (Å²) in [5.41, 5.74) is 1.84. The van der Waals surface area contributed by atoms with Gasteiger partial charge in [0.25, 0.3) is 0 Å². The summed E-state index contributed by atoms with van der Waals surface area (Å²) in [5.74, 6) is -1.19. The molecule has 1 aliphatic rings. The van der Waals surface area contributed by atoms with Gasteiger partial charge in [0.15, 0.2) is 0 Å². The summed E-state index contributed by atoms with van der Waals surface area (Å²) in [5, 5.41) is 8.93. The summed E-state index contributed by atoms with van der Waals surface area (Å²) in [6.45, 7) is 7.16. The second-order valence-corrected chi connectivity index (χ2v) is 5.83. The molecule has 1 atom stereocenters. The Morgan fingerprint density at radius 1 is 1.19 bits per heavy atom. The van der Waals surface area contributed by atoms with E-state index in [4.69, 9.17) is 5.11 Å². The highest BCUT2D eigenvalue weighted by Crippen LogP contribution is 2.22. The summed E-state index contributed by atoms with van der Waals surface area (Å²) >= 11 is 0. The van der Waals surface area contributed by atoms with E-state index in [0.29, 0.717) is 13.0 Å². The van der Waals surface area contributed by atoms with Crippen LogP contribution in [0.4, 0.5) is 10.5 Å². The maximum atomic E-state index is 12.3. The molecule has 0 spiro atoms. The first-order chi connectivity index (χ1) is 9.90. The number of anilines is 1. The lowest BCUT2D eigenvalue weighted by Gasteiger charge is -2.22. The lowest BCUT2D eigenvalue weighted by Crippen LogP contribution is -2.36. The van der Waals surface area contributed by atoms with Crippen molar-refractivity contribution in [3.8, 4) is 0 Å². The number of carbonyl (C=O) groups excluding carboxylic acids is 1. The van der Waals surface area contributed by atoms with Crippen LogP contribution in [0.2, 0.25) is 0 Å². The van der Waals surface area contributed by atoms with E-state index in [2.05, 4.69) is 0 Å². The molecule has 1 N–H and O–H groups in total. The van der Waals surface area contributed by atoms with Gasteiger partial charge in [-0.05, 0) is 38.0 Å². The molecule has 0 aliphatic carbocycles. The quantitative estimate of drug-likeness (QED) is 0.906. The Balaban J connectivity index is 2.06. The van der Waals surface area contributed by atoms with Crippen LogP contribution in [0.3, 0.4) is 0 Å². The van der Waals surface area contributed by atoms with Crippen molar-refractivity contribution in [2.45, 2.75) is 33.2 Å². The van der Waals surface area contributed by atoms with E-state index in [1.165, 1.54) is 0 Å². The molecule has 1 aliphatic heterocycles. The van der Waals surface area contributed by atoms with E-state index in [0.717, 1.165) is 17.8 Å². The number of hydrogen-bond donors (Lipinski definition) is 1. The van der Waals surface area contributed by atoms with Crippen molar-refractivity contribution in [1.82, 2.24) is 4.90 Å². The number of urea groups is 1. The first-order valence-corrected chi connectivity index (χ1v) is 7.30. The Hall–Kier alpha value is -2.04. The van der Waals surface area contributed by atoms with Gasteiger partial charge in [-0.25, -0.2) is 4.79 Å². The number of amides is 2. The van der Waals surface area contributed by atoms with Crippen LogP contribution >= 0.6 is 0 Å². The van der Waals surface area contributed by atoms with Crippen LogP contribution < -0.4 is 4.90 Å². The number of hydrogen-bond acceptors (Lipinski definition) is 2. The fraction of sp³-hybridized carbons (Fsp3) is 0.500. The minimum atomic E-state index is -0.790. The van der Waals surface area contributed by atoms with Gasteiger partial charge in [-0.2, -0.15) is 0 Å². The Kier molecular flexibility index (Phi) is 4.50. The topological polar surface area (TPSA) is 60.9 Å². The molecule has 0 radical (unpaired) electrons. The number of carboxylic acid groups (broad SMARTS) is 1. The van der Waals surface area contributed by atoms with E-state index in [1.54, 1.807) is 11.8 Å². The molecule has 0 bridgehead atoms. The van der Waals surface area contributed by atoms with Crippen LogP contribution in [0.25, 0.3) is 0 Å². The molecule has 21 heavy (non-hydrogen) atoms. The molecule has 0 aromatic heterocycles. The fourth-order valence-electron chi connectivity index (χ4n) is 2.53. The van der Waals surface area contributed by atoms with Crippen LogP contribution in [0.1, 0.15) is 26.3 Å². The van der Waals surface area contributed by atoms with Gasteiger partial charge < -0.3 is 10.0 Å². The molecule has 1 unspecified atom stereocenters. The highest BCUT2D eigenvalue weighted by atomic mass is 16.4. The zero-order valence-electron chi connectivity index (χ0n) is 12.7. The van der Waals surface area contributed by atoms with Crippen LogP contribution in [-0.2, 0) is 11.2 Å². The number of nitrogens with zero attached hydrogens (tertiary/aromatic N) is 2. The maximum Gasteiger partial charge on any atom is 0.324 e. The first kappa shape index (κ1) is 15.4. The van der Waals surface area contributed by atoms with E-state index < -0.39 is 11.9 Å². The minimum absolute atomic E-state index is 0.0386. The third-order valence-electron chi connectivity index (χ3n) is 3.88. The standard InChI is InChI=1S/C16H22N2O3/c1-11(2)17-8-9-18(16(17)21)14-6-4-13(5-7-14)10-12(3)15(19)20/h4-7,11-12H,8-10H2,1-3H3,(H,19,20). The molecule has 0 saturated carbocycles. The maximum absolute atomic E-state index is 12.3. The van der Waals surface area contributed by atoms with Gasteiger partial charge in [0, 0.05) is 24.8 Å². The molecule has 1 heterocycles. The van der Waals surface area contributed by atoms with Gasteiger partial charge in [-0.15, -0.1) is 0 Å². The third kappa shape index (κ3) is 3.35. The smallest absolute Gasteiger partial charge is 0.324 e. The monoisotopic (exact) mass is 290 g/mol. The number of carboxylic acids is 1. The summed E-state index contributed by atoms with van der Waals surface area (Å²) in [4.78, 5) is 26.8. The minimum Gasteiger partial charge on any atom is -0.481 e. The van der Waals surface area contributed by atoms with Crippen molar-refractivity contribution < 1.29 is 14.7 Å². The van der Waals surface area contributed by atoms with Crippen molar-refractivity contribution in [3.63, 3.8) is 0 Å². The van der Waals surface area contributed by atoms with E-state index in [9.17, 15) is 9.59 Å². The van der Waals surface area contributed by atoms with E-state index in [1.807, 2.05) is 43.0 Å². The van der Waals surface area contributed by atoms with Gasteiger partial charge in [-0.3, -0.25) is 9.69 Å². The van der Waals surface area contributed by atoms with Crippen LogP contribution in [-0.4, -0.2) is 41.1 Å². The molecular weight excluding hydrogens is 268 g/mol. The second kappa shape index (κ2) is 6.16. The summed E-state index contributed by atoms with van der Waals surface area (Å²) in [7, 11) is 0. The Morgan fingerprint density at radius 3 is 2.29 bits per heavy atom. The van der Waals surface area contributed by atoms with Gasteiger partial charge in [0.05, 0.1) is 5.92 Å². The van der Waals surface area contributed by atoms with E-state index in [-0.39, 0.29) is 12.1 Å². The van der Waals surface area contributed by atoms with Crippen molar-refractivity contribution in [1.29, 1.82) is 0 Å². The normalized spacial score (nSPS) is 16.7. The van der Waals surface area contributed by atoms with E-state index >= 15 is 0 Å². The predicted molar refractivity (Wildman–Crippen MR) is 81.5 cm³/mol. The zero-order valence-corrected chi connectivity index (χ0v) is 12.7. The van der Waals surface area contributed by atoms with Crippen molar-refractivity contribution in [2.24, 2.45) is 5.92 Å². The molecule has 1 aromatic carbocycles. The zero-order chi connectivity index (χ0) is 15.6. The molecule has 114 valence electrons. The molecule has 1 saturated heterocycles. The molecular formula is C16H22N2O3. The number of carbonyl (C=O) groups is 2. The van der Waals surface area contributed by atoms with Crippen molar-refractivity contribution in [2.75, 3.05) is 18.0 Å². The predicted octanol–water partition coefficient (Wildman–Crippen LogP) is 2.60. The van der Waals surface area contributed by atoms with Crippen LogP contribution in [0.15, 0.2) is 24.3 Å². The lowest BCUT2D eigenvalue weighted by molar-refractivity contribution is -0.141. The SMILES string of the molecule is CC(Cc1ccc(N2CCN(C(C)C)C2=O)cc1)C(=O)O. The fourth-order valence-corrected chi connectivity index (χ4v) is 2.53. The number of rotatable bonds is 5. The third-order valence-corrected chi connectivity index (χ3v) is 3.88. The average molecular weight is 290 g/mol. The van der Waals surface area contributed by atoms with Crippen LogP contribution in [0.5, 0.6) is 0 Å². The number of benzene rings is 1. The first-order valence-electron chi connectivity index (χ1n) is 7.30. The average Bonchev–Trinajstić information content (AvgIpc) is 2.81. The van der Waals surface area contributed by atoms with Crippen LogP contribution in [0, 0.1) is 5.92 Å². The van der Waals surface area contributed by atoms with Gasteiger partial charge in [0.1, 0.15) is 0 Å². The highest BCUT2D eigenvalue weighted by Gasteiger charge is 2.30. The Bertz CT molecular complexity index is 525. The van der Waals surface area contributed by atoms with Crippen molar-refractivity contribution >= 4 is 17.7 Å². The molecule has 5 heteroatoms. The molecule has 2 rings (SSSR count). The second-order valence-electron chi connectivity index (χ2n) is 5.83. The molecule has 2 amide bonds. The molecule has 5 nitrogen and oxygen atoms in total. The van der Waals surface area contributed by atoms with Gasteiger partial charge in [-0.1, -0.05) is 19.1 Å². The molecule has 1 aromatic rings. The summed E-state index contributed by atoms with van der Waals surface area (Å²) in [6, 6.07) is 7.84. The largest absolute Gasteiger partial charge is 0.481 e. The van der Waals surface area contributed by atoms with Gasteiger partial charge >= 0.3 is 12.0 Å². The Morgan fingerprint density at radius 2 is 1.81 bits per heavy atom. The Labute approximate surface area is 125 Å². The molecule has 1 fully saturated rings.